The van der Waals surface area contributed by atoms with E-state index in [0.717, 1.165) is 5.75 Å². The monoisotopic (exact) mass is 510 g/mol. The van der Waals surface area contributed by atoms with E-state index in [0.29, 0.717) is 46.9 Å². The number of anilines is 1. The van der Waals surface area contributed by atoms with Crippen molar-refractivity contribution in [2.24, 2.45) is 5.92 Å². The van der Waals surface area contributed by atoms with Gasteiger partial charge in [0.1, 0.15) is 11.5 Å². The predicted octanol–water partition coefficient (Wildman–Crippen LogP) is 5.79. The fraction of sp³-hybridized carbons (Fsp3) is 0.407. The summed E-state index contributed by atoms with van der Waals surface area (Å²) >= 11 is 1.38. The van der Waals surface area contributed by atoms with Crippen LogP contribution in [0.1, 0.15) is 63.3 Å². The molecule has 9 heteroatoms. The average molecular weight is 511 g/mol. The summed E-state index contributed by atoms with van der Waals surface area (Å²) in [5.41, 5.74) is 1.15. The Labute approximate surface area is 216 Å². The largest absolute Gasteiger partial charge is 0.497 e. The minimum Gasteiger partial charge on any atom is -0.497 e. The second-order valence-electron chi connectivity index (χ2n) is 8.92. The van der Waals surface area contributed by atoms with Gasteiger partial charge in [0, 0.05) is 17.8 Å². The fourth-order valence-corrected chi connectivity index (χ4v) is 4.59. The lowest BCUT2D eigenvalue weighted by molar-refractivity contribution is -0.115. The maximum absolute atomic E-state index is 13.1. The van der Waals surface area contributed by atoms with Crippen molar-refractivity contribution in [3.8, 4) is 11.5 Å². The molecule has 0 radical (unpaired) electrons. The fourth-order valence-electron chi connectivity index (χ4n) is 3.62. The zero-order chi connectivity index (χ0) is 26.2. The number of hydrogen-bond donors (Lipinski definition) is 1. The van der Waals surface area contributed by atoms with Crippen molar-refractivity contribution in [1.29, 1.82) is 0 Å². The van der Waals surface area contributed by atoms with Gasteiger partial charge in [-0.3, -0.25) is 9.59 Å². The first-order valence-corrected chi connectivity index (χ1v) is 12.9. The van der Waals surface area contributed by atoms with E-state index in [-0.39, 0.29) is 23.0 Å². The number of carbonyl (C=O) groups excluding carboxylic acids is 2. The van der Waals surface area contributed by atoms with Crippen LogP contribution in [0.4, 0.5) is 5.69 Å². The van der Waals surface area contributed by atoms with Crippen LogP contribution in [0.5, 0.6) is 11.5 Å². The number of nitrogens with zero attached hydrogens (tertiary/aromatic N) is 3. The molecule has 36 heavy (non-hydrogen) atoms. The number of aromatic nitrogens is 3. The Morgan fingerprint density at radius 3 is 2.36 bits per heavy atom. The van der Waals surface area contributed by atoms with Crippen LogP contribution in [0, 0.1) is 5.92 Å². The van der Waals surface area contributed by atoms with Crippen molar-refractivity contribution in [1.82, 2.24) is 14.8 Å². The molecule has 8 nitrogen and oxygen atoms in total. The molecule has 0 aliphatic rings. The maximum Gasteiger partial charge on any atom is 0.237 e. The number of amides is 1. The number of Topliss-reactive ketones (excluding diaryl/α,β-unsaturated/α-hetero) is 1. The molecule has 1 amide bonds. The first-order chi connectivity index (χ1) is 17.2. The molecular weight excluding hydrogens is 476 g/mol. The van der Waals surface area contributed by atoms with Crippen LogP contribution in [-0.4, -0.2) is 38.8 Å². The molecule has 0 aliphatic carbocycles. The van der Waals surface area contributed by atoms with E-state index in [1.807, 2.05) is 42.7 Å². The van der Waals surface area contributed by atoms with Crippen molar-refractivity contribution in [2.45, 2.75) is 64.1 Å². The first-order valence-electron chi connectivity index (χ1n) is 12.0. The molecule has 1 heterocycles. The molecule has 2 unspecified atom stereocenters. The van der Waals surface area contributed by atoms with Gasteiger partial charge in [-0.1, -0.05) is 44.7 Å². The minimum atomic E-state index is -0.383. The number of ether oxygens (including phenoxy) is 2. The van der Waals surface area contributed by atoms with E-state index < -0.39 is 0 Å². The van der Waals surface area contributed by atoms with Gasteiger partial charge < -0.3 is 19.4 Å². The van der Waals surface area contributed by atoms with Gasteiger partial charge in [0.05, 0.1) is 12.4 Å². The Balaban J connectivity index is 1.78. The molecule has 0 saturated carbocycles. The molecule has 0 spiro atoms. The highest BCUT2D eigenvalue weighted by Gasteiger charge is 2.25. The molecular formula is C27H34N4O4S. The Kier molecular flexibility index (Phi) is 9.52. The highest BCUT2D eigenvalue weighted by Crippen LogP contribution is 2.30. The normalized spacial score (nSPS) is 12.8. The summed E-state index contributed by atoms with van der Waals surface area (Å²) in [6.07, 6.45) is 0.257. The molecule has 0 aliphatic heterocycles. The van der Waals surface area contributed by atoms with Gasteiger partial charge in [0.2, 0.25) is 5.91 Å². The Morgan fingerprint density at radius 1 is 1.06 bits per heavy atom. The first kappa shape index (κ1) is 27.3. The maximum atomic E-state index is 13.1. The molecule has 3 rings (SSSR count). The third-order valence-electron chi connectivity index (χ3n) is 5.48. The number of thioether (sulfide) groups is 1. The minimum absolute atomic E-state index is 0.0483. The van der Waals surface area contributed by atoms with Gasteiger partial charge in [0.15, 0.2) is 22.9 Å². The van der Waals surface area contributed by atoms with Crippen LogP contribution in [-0.2, 0) is 11.3 Å². The summed E-state index contributed by atoms with van der Waals surface area (Å²) in [6, 6.07) is 14.4. The van der Waals surface area contributed by atoms with Crippen molar-refractivity contribution in [3.63, 3.8) is 0 Å². The van der Waals surface area contributed by atoms with Crippen LogP contribution in [0.2, 0.25) is 0 Å². The highest BCUT2D eigenvalue weighted by molar-refractivity contribution is 8.00. The molecule has 192 valence electrons. The van der Waals surface area contributed by atoms with Crippen LogP contribution < -0.4 is 14.8 Å². The van der Waals surface area contributed by atoms with Crippen LogP contribution in [0.25, 0.3) is 0 Å². The number of nitrogens with one attached hydrogen (secondary N) is 1. The van der Waals surface area contributed by atoms with Crippen molar-refractivity contribution in [2.75, 3.05) is 12.4 Å². The summed E-state index contributed by atoms with van der Waals surface area (Å²) in [4.78, 5) is 24.8. The Morgan fingerprint density at radius 2 is 1.75 bits per heavy atom. The lowest BCUT2D eigenvalue weighted by Gasteiger charge is -2.19. The smallest absolute Gasteiger partial charge is 0.237 e. The third kappa shape index (κ3) is 7.10. The SMILES string of the molecule is CCC(Sc1nnc(C(C)Oc2ccc(OC)cc2)n1CC(C)C)C(=O)Nc1cccc(C(C)=O)c1. The molecule has 0 fully saturated rings. The topological polar surface area (TPSA) is 95.3 Å². The van der Waals surface area contributed by atoms with Gasteiger partial charge in [-0.25, -0.2) is 0 Å². The molecule has 3 aromatic rings. The lowest BCUT2D eigenvalue weighted by Crippen LogP contribution is -2.25. The molecule has 1 aromatic heterocycles. The molecule has 2 aromatic carbocycles. The quantitative estimate of drug-likeness (QED) is 0.243. The average Bonchev–Trinajstić information content (AvgIpc) is 3.24. The van der Waals surface area contributed by atoms with Crippen molar-refractivity contribution < 1.29 is 19.1 Å². The number of methoxy groups -OCH3 is 1. The van der Waals surface area contributed by atoms with E-state index in [9.17, 15) is 9.59 Å². The van der Waals surface area contributed by atoms with E-state index in [4.69, 9.17) is 9.47 Å². The summed E-state index contributed by atoms with van der Waals surface area (Å²) in [5, 5.41) is 12.1. The summed E-state index contributed by atoms with van der Waals surface area (Å²) in [5.74, 6) is 2.31. The van der Waals surface area contributed by atoms with Gasteiger partial charge in [-0.2, -0.15) is 0 Å². The second-order valence-corrected chi connectivity index (χ2v) is 10.1. The van der Waals surface area contributed by atoms with E-state index >= 15 is 0 Å². The summed E-state index contributed by atoms with van der Waals surface area (Å²) < 4.78 is 13.4. The van der Waals surface area contributed by atoms with Crippen molar-refractivity contribution in [3.05, 3.63) is 59.9 Å². The molecule has 2 atom stereocenters. The summed E-state index contributed by atoms with van der Waals surface area (Å²) in [7, 11) is 1.62. The van der Waals surface area contributed by atoms with Gasteiger partial charge in [-0.15, -0.1) is 10.2 Å². The van der Waals surface area contributed by atoms with Crippen molar-refractivity contribution >= 4 is 29.1 Å². The van der Waals surface area contributed by atoms with Gasteiger partial charge >= 0.3 is 0 Å². The van der Waals surface area contributed by atoms with E-state index in [1.165, 1.54) is 18.7 Å². The second kappa shape index (κ2) is 12.6. The van der Waals surface area contributed by atoms with Gasteiger partial charge in [-0.05, 0) is 62.6 Å². The van der Waals surface area contributed by atoms with Crippen LogP contribution in [0.15, 0.2) is 53.7 Å². The third-order valence-corrected chi connectivity index (χ3v) is 6.82. The van der Waals surface area contributed by atoms with Crippen LogP contribution in [0.3, 0.4) is 0 Å². The summed E-state index contributed by atoms with van der Waals surface area (Å²) in [6.45, 7) is 10.3. The highest BCUT2D eigenvalue weighted by atomic mass is 32.2. The van der Waals surface area contributed by atoms with Gasteiger partial charge in [0.25, 0.3) is 0 Å². The molecule has 0 bridgehead atoms. The number of benzene rings is 2. The van der Waals surface area contributed by atoms with E-state index in [2.05, 4.69) is 29.4 Å². The zero-order valence-electron chi connectivity index (χ0n) is 21.6. The Hall–Kier alpha value is -3.33. The number of carbonyl (C=O) groups is 2. The lowest BCUT2D eigenvalue weighted by atomic mass is 10.1. The number of rotatable bonds is 12. The Bertz CT molecular complexity index is 1180. The number of ketones is 1. The van der Waals surface area contributed by atoms with Crippen LogP contribution >= 0.6 is 11.8 Å². The van der Waals surface area contributed by atoms with E-state index in [1.54, 1.807) is 31.4 Å². The predicted molar refractivity (Wildman–Crippen MR) is 142 cm³/mol. The standard InChI is InChI=1S/C27H34N4O4S/c1-7-24(26(33)28-21-10-8-9-20(15-21)18(4)32)36-27-30-29-25(31(27)16-17(2)3)19(5)35-23-13-11-22(34-6)12-14-23/h8-15,17,19,24H,7,16H2,1-6H3,(H,28,33). The zero-order valence-corrected chi connectivity index (χ0v) is 22.5. The molecule has 0 saturated heterocycles. The number of hydrogen-bond acceptors (Lipinski definition) is 7. The molecule has 1 N–H and O–H groups in total.